The minimum atomic E-state index is 0.105. The van der Waals surface area contributed by atoms with Gasteiger partial charge in [0.2, 0.25) is 16.7 Å². The SMILES string of the molecule is Cc1ccc([C@H](c2sc3nc(-c4ccco4)nn3c2O)[NH+]2CCCC2)cc1. The molecule has 0 aliphatic carbocycles. The van der Waals surface area contributed by atoms with Gasteiger partial charge in [-0.1, -0.05) is 41.2 Å². The topological polar surface area (TPSA) is 68.0 Å². The second-order valence-electron chi connectivity index (χ2n) is 7.11. The predicted octanol–water partition coefficient (Wildman–Crippen LogP) is 2.83. The van der Waals surface area contributed by atoms with E-state index in [4.69, 9.17) is 4.42 Å². The van der Waals surface area contributed by atoms with Gasteiger partial charge in [0.25, 0.3) is 0 Å². The lowest BCUT2D eigenvalue weighted by Gasteiger charge is -2.24. The van der Waals surface area contributed by atoms with Gasteiger partial charge in [0.1, 0.15) is 4.88 Å². The van der Waals surface area contributed by atoms with Gasteiger partial charge < -0.3 is 14.4 Å². The molecule has 4 aromatic rings. The minimum absolute atomic E-state index is 0.105. The van der Waals surface area contributed by atoms with Crippen LogP contribution >= 0.6 is 11.3 Å². The maximum absolute atomic E-state index is 11.0. The second kappa shape index (κ2) is 6.51. The van der Waals surface area contributed by atoms with Crippen LogP contribution in [-0.2, 0) is 0 Å². The van der Waals surface area contributed by atoms with Crippen molar-refractivity contribution in [2.75, 3.05) is 13.1 Å². The van der Waals surface area contributed by atoms with Crippen molar-refractivity contribution in [1.82, 2.24) is 14.6 Å². The first-order chi connectivity index (χ1) is 13.2. The summed E-state index contributed by atoms with van der Waals surface area (Å²) >= 11 is 1.51. The third-order valence-electron chi connectivity index (χ3n) is 5.27. The fourth-order valence-corrected chi connectivity index (χ4v) is 5.04. The van der Waals surface area contributed by atoms with E-state index in [0.29, 0.717) is 16.5 Å². The van der Waals surface area contributed by atoms with Crippen LogP contribution in [0.25, 0.3) is 16.5 Å². The molecule has 1 fully saturated rings. The number of thiazole rings is 1. The molecule has 3 aromatic heterocycles. The van der Waals surface area contributed by atoms with Crippen LogP contribution in [0.5, 0.6) is 5.88 Å². The highest BCUT2D eigenvalue weighted by Crippen LogP contribution is 2.36. The summed E-state index contributed by atoms with van der Waals surface area (Å²) in [5.74, 6) is 1.28. The van der Waals surface area contributed by atoms with Crippen LogP contribution in [-0.4, -0.2) is 32.8 Å². The highest BCUT2D eigenvalue weighted by Gasteiger charge is 2.34. The Morgan fingerprint density at radius 1 is 1.19 bits per heavy atom. The lowest BCUT2D eigenvalue weighted by molar-refractivity contribution is -0.913. The van der Waals surface area contributed by atoms with Crippen molar-refractivity contribution >= 4 is 16.3 Å². The molecule has 1 atom stereocenters. The monoisotopic (exact) mass is 381 g/mol. The number of hydrogen-bond acceptors (Lipinski definition) is 5. The van der Waals surface area contributed by atoms with Gasteiger partial charge in [-0.25, -0.2) is 0 Å². The van der Waals surface area contributed by atoms with E-state index in [0.717, 1.165) is 18.0 Å². The van der Waals surface area contributed by atoms with Gasteiger partial charge in [0.05, 0.1) is 19.4 Å². The number of aromatic hydroxyl groups is 1. The Labute approximate surface area is 160 Å². The summed E-state index contributed by atoms with van der Waals surface area (Å²) in [6.07, 6.45) is 4.05. The molecular formula is C20H21N4O2S+. The normalized spacial score (nSPS) is 16.3. The fourth-order valence-electron chi connectivity index (χ4n) is 3.90. The lowest BCUT2D eigenvalue weighted by atomic mass is 10.0. The van der Waals surface area contributed by atoms with E-state index in [2.05, 4.69) is 41.3 Å². The summed E-state index contributed by atoms with van der Waals surface area (Å²) in [5.41, 5.74) is 2.47. The largest absolute Gasteiger partial charge is 0.492 e. The third kappa shape index (κ3) is 2.83. The Bertz CT molecular complexity index is 1060. The average Bonchev–Trinajstić information content (AvgIpc) is 3.44. The Balaban J connectivity index is 1.60. The van der Waals surface area contributed by atoms with Gasteiger partial charge in [-0.3, -0.25) is 0 Å². The molecule has 1 aromatic carbocycles. The predicted molar refractivity (Wildman–Crippen MR) is 103 cm³/mol. The quantitative estimate of drug-likeness (QED) is 0.570. The van der Waals surface area contributed by atoms with Crippen molar-refractivity contribution in [2.24, 2.45) is 0 Å². The van der Waals surface area contributed by atoms with E-state index in [1.807, 2.05) is 6.07 Å². The van der Waals surface area contributed by atoms with Crippen LogP contribution in [0.4, 0.5) is 0 Å². The number of nitrogens with zero attached hydrogens (tertiary/aromatic N) is 3. The number of nitrogens with one attached hydrogen (secondary N) is 1. The van der Waals surface area contributed by atoms with Crippen molar-refractivity contribution in [3.05, 3.63) is 58.7 Å². The lowest BCUT2D eigenvalue weighted by Crippen LogP contribution is -3.10. The number of rotatable bonds is 4. The Morgan fingerprint density at radius 2 is 1.96 bits per heavy atom. The molecule has 1 aliphatic rings. The molecule has 27 heavy (non-hydrogen) atoms. The van der Waals surface area contributed by atoms with Crippen LogP contribution in [0, 0.1) is 6.92 Å². The maximum Gasteiger partial charge on any atom is 0.235 e. The van der Waals surface area contributed by atoms with E-state index in [9.17, 15) is 5.11 Å². The molecule has 0 amide bonds. The molecule has 4 heterocycles. The van der Waals surface area contributed by atoms with Crippen LogP contribution in [0.2, 0.25) is 0 Å². The highest BCUT2D eigenvalue weighted by molar-refractivity contribution is 7.17. The summed E-state index contributed by atoms with van der Waals surface area (Å²) in [4.78, 5) is 7.66. The zero-order valence-electron chi connectivity index (χ0n) is 15.1. The van der Waals surface area contributed by atoms with Gasteiger partial charge in [0.15, 0.2) is 11.8 Å². The van der Waals surface area contributed by atoms with Gasteiger partial charge in [-0.05, 0) is 19.1 Å². The van der Waals surface area contributed by atoms with Crippen LogP contribution in [0.3, 0.4) is 0 Å². The van der Waals surface area contributed by atoms with Crippen molar-refractivity contribution < 1.29 is 14.4 Å². The molecule has 138 valence electrons. The average molecular weight is 381 g/mol. The van der Waals surface area contributed by atoms with Gasteiger partial charge in [-0.15, -0.1) is 5.10 Å². The molecule has 1 aliphatic heterocycles. The molecule has 2 N–H and O–H groups in total. The van der Waals surface area contributed by atoms with Gasteiger partial charge >= 0.3 is 0 Å². The highest BCUT2D eigenvalue weighted by atomic mass is 32.1. The van der Waals surface area contributed by atoms with Crippen molar-refractivity contribution in [3.8, 4) is 17.5 Å². The van der Waals surface area contributed by atoms with Gasteiger partial charge in [-0.2, -0.15) is 9.50 Å². The fraction of sp³-hybridized carbons (Fsp3) is 0.300. The van der Waals surface area contributed by atoms with Crippen LogP contribution < -0.4 is 4.90 Å². The first-order valence-corrected chi connectivity index (χ1v) is 10.1. The standard InChI is InChI=1S/C20H20N4O2S/c1-13-6-8-14(9-7-13)16(23-10-2-3-11-23)17-19(25)24-20(27-17)21-18(22-24)15-5-4-12-26-15/h4-9,12,16,25H,2-3,10-11H2,1H3/p+1/t16-/m1/s1. The smallest absolute Gasteiger partial charge is 0.235 e. The molecule has 6 nitrogen and oxygen atoms in total. The molecular weight excluding hydrogens is 360 g/mol. The Hall–Kier alpha value is -2.64. The summed E-state index contributed by atoms with van der Waals surface area (Å²) in [7, 11) is 0. The van der Waals surface area contributed by atoms with E-state index in [-0.39, 0.29) is 11.9 Å². The summed E-state index contributed by atoms with van der Waals surface area (Å²) in [6, 6.07) is 12.4. The van der Waals surface area contributed by atoms with Crippen molar-refractivity contribution in [1.29, 1.82) is 0 Å². The number of furan rings is 1. The molecule has 0 bridgehead atoms. The molecule has 5 rings (SSSR count). The van der Waals surface area contributed by atoms with Crippen LogP contribution in [0.15, 0.2) is 47.1 Å². The number of aryl methyl sites for hydroxylation is 1. The number of hydrogen-bond donors (Lipinski definition) is 2. The maximum atomic E-state index is 11.0. The summed E-state index contributed by atoms with van der Waals surface area (Å²) < 4.78 is 6.91. The molecule has 7 heteroatoms. The number of aromatic nitrogens is 3. The number of fused-ring (bicyclic) bond motifs is 1. The summed E-state index contributed by atoms with van der Waals surface area (Å²) in [5, 5.41) is 15.4. The Kier molecular flexibility index (Phi) is 3.98. The van der Waals surface area contributed by atoms with Crippen molar-refractivity contribution in [2.45, 2.75) is 25.8 Å². The molecule has 0 radical (unpaired) electrons. The minimum Gasteiger partial charge on any atom is -0.492 e. The van der Waals surface area contributed by atoms with E-state index < -0.39 is 0 Å². The number of quaternary nitrogens is 1. The van der Waals surface area contributed by atoms with E-state index in [1.54, 1.807) is 12.3 Å². The van der Waals surface area contributed by atoms with E-state index in [1.165, 1.54) is 44.7 Å². The number of benzene rings is 1. The first-order valence-electron chi connectivity index (χ1n) is 9.24. The van der Waals surface area contributed by atoms with E-state index >= 15 is 0 Å². The van der Waals surface area contributed by atoms with Crippen LogP contribution in [0.1, 0.15) is 34.9 Å². The molecule has 1 saturated heterocycles. The Morgan fingerprint density at radius 3 is 2.63 bits per heavy atom. The second-order valence-corrected chi connectivity index (χ2v) is 8.12. The zero-order valence-corrected chi connectivity index (χ0v) is 15.9. The zero-order chi connectivity index (χ0) is 18.4. The molecule has 0 unspecified atom stereocenters. The van der Waals surface area contributed by atoms with Gasteiger partial charge in [0, 0.05) is 18.4 Å². The summed E-state index contributed by atoms with van der Waals surface area (Å²) in [6.45, 7) is 4.32. The molecule has 0 spiro atoms. The first kappa shape index (κ1) is 16.5. The van der Waals surface area contributed by atoms with Crippen molar-refractivity contribution in [3.63, 3.8) is 0 Å². The molecule has 0 saturated carbocycles. The third-order valence-corrected chi connectivity index (χ3v) is 6.35. The number of likely N-dealkylation sites (tertiary alicyclic amines) is 1.